The number of hydrogen-bond donors (Lipinski definition) is 2. The van der Waals surface area contributed by atoms with E-state index in [0.29, 0.717) is 48.5 Å². The van der Waals surface area contributed by atoms with E-state index in [9.17, 15) is 9.90 Å². The number of carboxylic acid groups (broad SMARTS) is 1. The van der Waals surface area contributed by atoms with Crippen LogP contribution in [0.15, 0.2) is 12.1 Å². The summed E-state index contributed by atoms with van der Waals surface area (Å²) in [6.07, 6.45) is -0.281. The zero-order valence-corrected chi connectivity index (χ0v) is 15.2. The first-order valence-corrected chi connectivity index (χ1v) is 8.46. The molecule has 8 heteroatoms. The molecule has 1 saturated heterocycles. The molecule has 0 spiro atoms. The summed E-state index contributed by atoms with van der Waals surface area (Å²) in [5.74, 6) is 0.573. The molecule has 134 valence electrons. The predicted molar refractivity (Wildman–Crippen MR) is 93.6 cm³/mol. The fourth-order valence-electron chi connectivity index (χ4n) is 3.10. The topological polar surface area (TPSA) is 71.0 Å². The van der Waals surface area contributed by atoms with Crippen LogP contribution < -0.4 is 10.1 Å². The molecule has 1 aromatic carbocycles. The van der Waals surface area contributed by atoms with Crippen molar-refractivity contribution in [1.82, 2.24) is 10.2 Å². The summed E-state index contributed by atoms with van der Waals surface area (Å²) in [5, 5.41) is 13.6. The Balaban J connectivity index is 2.18. The Morgan fingerprint density at radius 1 is 1.42 bits per heavy atom. The van der Waals surface area contributed by atoms with E-state index >= 15 is 0 Å². The standard InChI is InChI=1S/C16H22Cl2N2O4/c1-23-6-5-19-8-11-7-10(9-20(11)16(21)22)14-13(24-2)4-3-12(17)15(14)18/h3-4,10-11,19H,5-9H2,1-2H3,(H,21,22). The second-order valence-electron chi connectivity index (χ2n) is 5.70. The van der Waals surface area contributed by atoms with Crippen LogP contribution in [0.5, 0.6) is 5.75 Å². The lowest BCUT2D eigenvalue weighted by Crippen LogP contribution is -2.41. The number of amides is 1. The van der Waals surface area contributed by atoms with Gasteiger partial charge in [-0.05, 0) is 18.6 Å². The Bertz CT molecular complexity index is 585. The van der Waals surface area contributed by atoms with E-state index in [1.165, 1.54) is 4.90 Å². The van der Waals surface area contributed by atoms with E-state index in [1.807, 2.05) is 0 Å². The molecule has 0 bridgehead atoms. The number of rotatable bonds is 7. The highest BCUT2D eigenvalue weighted by Crippen LogP contribution is 2.43. The van der Waals surface area contributed by atoms with Gasteiger partial charge in [0.15, 0.2) is 0 Å². The lowest BCUT2D eigenvalue weighted by atomic mass is 9.95. The van der Waals surface area contributed by atoms with Crippen molar-refractivity contribution in [2.24, 2.45) is 0 Å². The van der Waals surface area contributed by atoms with E-state index in [-0.39, 0.29) is 12.0 Å². The fraction of sp³-hybridized carbons (Fsp3) is 0.562. The van der Waals surface area contributed by atoms with E-state index in [4.69, 9.17) is 32.7 Å². The molecule has 1 aliphatic rings. The maximum absolute atomic E-state index is 11.6. The third kappa shape index (κ3) is 4.25. The molecule has 0 aromatic heterocycles. The molecule has 2 N–H and O–H groups in total. The summed E-state index contributed by atoms with van der Waals surface area (Å²) in [6, 6.07) is 3.31. The van der Waals surface area contributed by atoms with Crippen LogP contribution in [0.2, 0.25) is 10.0 Å². The van der Waals surface area contributed by atoms with Gasteiger partial charge in [-0.2, -0.15) is 0 Å². The predicted octanol–water partition coefficient (Wildman–Crippen LogP) is 3.07. The van der Waals surface area contributed by atoms with Crippen molar-refractivity contribution in [3.63, 3.8) is 0 Å². The van der Waals surface area contributed by atoms with Gasteiger partial charge in [0.25, 0.3) is 0 Å². The molecule has 6 nitrogen and oxygen atoms in total. The molecule has 2 rings (SSSR count). The van der Waals surface area contributed by atoms with E-state index < -0.39 is 6.09 Å². The minimum Gasteiger partial charge on any atom is -0.496 e. The minimum absolute atomic E-state index is 0.0588. The van der Waals surface area contributed by atoms with E-state index in [2.05, 4.69) is 5.32 Å². The molecule has 1 fully saturated rings. The Hall–Kier alpha value is -1.21. The Morgan fingerprint density at radius 2 is 2.17 bits per heavy atom. The molecule has 1 amide bonds. The number of nitrogens with one attached hydrogen (secondary N) is 1. The Labute approximate surface area is 151 Å². The number of likely N-dealkylation sites (tertiary alicyclic amines) is 1. The summed E-state index contributed by atoms with van der Waals surface area (Å²) in [7, 11) is 3.20. The van der Waals surface area contributed by atoms with Crippen molar-refractivity contribution >= 4 is 29.3 Å². The highest BCUT2D eigenvalue weighted by atomic mass is 35.5. The van der Waals surface area contributed by atoms with E-state index in [0.717, 1.165) is 5.56 Å². The molecule has 0 radical (unpaired) electrons. The lowest BCUT2D eigenvalue weighted by molar-refractivity contribution is 0.138. The number of hydrogen-bond acceptors (Lipinski definition) is 4. The summed E-state index contributed by atoms with van der Waals surface area (Å²) in [6.45, 7) is 2.18. The number of halogens is 2. The van der Waals surface area contributed by atoms with Crippen LogP contribution in [0.3, 0.4) is 0 Å². The van der Waals surface area contributed by atoms with Crippen LogP contribution in [-0.4, -0.2) is 62.6 Å². The highest BCUT2D eigenvalue weighted by Gasteiger charge is 2.38. The van der Waals surface area contributed by atoms with Gasteiger partial charge in [0, 0.05) is 44.3 Å². The molecular weight excluding hydrogens is 355 g/mol. The number of ether oxygens (including phenoxy) is 2. The van der Waals surface area contributed by atoms with Gasteiger partial charge in [0.1, 0.15) is 5.75 Å². The van der Waals surface area contributed by atoms with Crippen LogP contribution >= 0.6 is 23.2 Å². The maximum atomic E-state index is 11.6. The van der Waals surface area contributed by atoms with Crippen LogP contribution in [0.25, 0.3) is 0 Å². The van der Waals surface area contributed by atoms with Gasteiger partial charge >= 0.3 is 6.09 Å². The first-order valence-electron chi connectivity index (χ1n) is 7.70. The number of methoxy groups -OCH3 is 2. The monoisotopic (exact) mass is 376 g/mol. The quantitative estimate of drug-likeness (QED) is 0.715. The van der Waals surface area contributed by atoms with Gasteiger partial charge in [-0.1, -0.05) is 23.2 Å². The summed E-state index contributed by atoms with van der Waals surface area (Å²) in [5.41, 5.74) is 0.775. The van der Waals surface area contributed by atoms with E-state index in [1.54, 1.807) is 26.4 Å². The summed E-state index contributed by atoms with van der Waals surface area (Å²) < 4.78 is 10.4. The maximum Gasteiger partial charge on any atom is 0.407 e. The van der Waals surface area contributed by atoms with Gasteiger partial charge < -0.3 is 24.8 Å². The molecule has 0 aliphatic carbocycles. The van der Waals surface area contributed by atoms with Gasteiger partial charge in [-0.15, -0.1) is 0 Å². The van der Waals surface area contributed by atoms with Gasteiger partial charge in [-0.3, -0.25) is 0 Å². The molecular formula is C16H22Cl2N2O4. The fourth-order valence-corrected chi connectivity index (χ4v) is 3.58. The van der Waals surface area contributed by atoms with Crippen molar-refractivity contribution in [3.05, 3.63) is 27.7 Å². The number of benzene rings is 1. The molecule has 1 aromatic rings. The SMILES string of the molecule is COCCNCC1CC(c2c(OC)ccc(Cl)c2Cl)CN1C(=O)O. The van der Waals surface area contributed by atoms with Gasteiger partial charge in [-0.25, -0.2) is 4.79 Å². The van der Waals surface area contributed by atoms with Crippen LogP contribution in [0, 0.1) is 0 Å². The lowest BCUT2D eigenvalue weighted by Gasteiger charge is -2.21. The van der Waals surface area contributed by atoms with Crippen molar-refractivity contribution in [2.45, 2.75) is 18.4 Å². The average Bonchev–Trinajstić information content (AvgIpc) is 2.98. The molecule has 24 heavy (non-hydrogen) atoms. The molecule has 2 atom stereocenters. The zero-order chi connectivity index (χ0) is 17.7. The normalized spacial score (nSPS) is 20.4. The molecule has 0 saturated carbocycles. The largest absolute Gasteiger partial charge is 0.496 e. The first-order chi connectivity index (χ1) is 11.5. The van der Waals surface area contributed by atoms with Crippen molar-refractivity contribution in [3.8, 4) is 5.75 Å². The minimum atomic E-state index is -0.937. The highest BCUT2D eigenvalue weighted by molar-refractivity contribution is 6.42. The second kappa shape index (κ2) is 8.76. The smallest absolute Gasteiger partial charge is 0.407 e. The van der Waals surface area contributed by atoms with Crippen molar-refractivity contribution in [1.29, 1.82) is 0 Å². The average molecular weight is 377 g/mol. The number of nitrogens with zero attached hydrogens (tertiary/aromatic N) is 1. The third-order valence-corrected chi connectivity index (χ3v) is 5.06. The Kier molecular flexibility index (Phi) is 6.98. The molecule has 1 heterocycles. The van der Waals surface area contributed by atoms with Gasteiger partial charge in [0.2, 0.25) is 0 Å². The molecule has 2 unspecified atom stereocenters. The second-order valence-corrected chi connectivity index (χ2v) is 6.48. The van der Waals surface area contributed by atoms with Crippen LogP contribution in [0.1, 0.15) is 17.9 Å². The van der Waals surface area contributed by atoms with Crippen LogP contribution in [-0.2, 0) is 4.74 Å². The molecule has 1 aliphatic heterocycles. The Morgan fingerprint density at radius 3 is 2.79 bits per heavy atom. The first kappa shape index (κ1) is 19.1. The zero-order valence-electron chi connectivity index (χ0n) is 13.7. The van der Waals surface area contributed by atoms with Crippen molar-refractivity contribution in [2.75, 3.05) is 40.5 Å². The van der Waals surface area contributed by atoms with Crippen molar-refractivity contribution < 1.29 is 19.4 Å². The summed E-state index contributed by atoms with van der Waals surface area (Å²) >= 11 is 12.5. The third-order valence-electron chi connectivity index (χ3n) is 4.24. The summed E-state index contributed by atoms with van der Waals surface area (Å²) in [4.78, 5) is 13.0. The van der Waals surface area contributed by atoms with Gasteiger partial charge in [0.05, 0.1) is 23.8 Å². The van der Waals surface area contributed by atoms with Crippen LogP contribution in [0.4, 0.5) is 4.79 Å². The number of carbonyl (C=O) groups is 1.